The third-order valence-corrected chi connectivity index (χ3v) is 2.51. The topological polar surface area (TPSA) is 30.9 Å². The number of rotatable bonds is 1. The Balaban J connectivity index is 2.59. The molecule has 78 valence electrons. The van der Waals surface area contributed by atoms with E-state index in [2.05, 4.69) is 0 Å². The molecule has 2 rings (SSSR count). The summed E-state index contributed by atoms with van der Waals surface area (Å²) in [5.41, 5.74) is 8.58. The zero-order valence-corrected chi connectivity index (χ0v) is 8.79. The molecule has 1 heterocycles. The van der Waals surface area contributed by atoms with Crippen LogP contribution < -0.4 is 5.73 Å². The molecule has 0 radical (unpaired) electrons. The Morgan fingerprint density at radius 2 is 1.67 bits per heavy atom. The summed E-state index contributed by atoms with van der Waals surface area (Å²) < 4.78 is 15.3. The number of nitrogen functional groups attached to an aromatic ring is 1. The predicted molar refractivity (Wildman–Crippen MR) is 59.6 cm³/mol. The first-order valence-electron chi connectivity index (χ1n) is 4.80. The average Bonchev–Trinajstić information content (AvgIpc) is 2.52. The quantitative estimate of drug-likeness (QED) is 0.711. The van der Waals surface area contributed by atoms with Gasteiger partial charge in [0.2, 0.25) is 0 Å². The van der Waals surface area contributed by atoms with Gasteiger partial charge in [-0.1, -0.05) is 0 Å². The summed E-state index contributed by atoms with van der Waals surface area (Å²) in [5, 5.41) is 0. The van der Waals surface area contributed by atoms with Crippen LogP contribution in [0.4, 0.5) is 10.1 Å². The van der Waals surface area contributed by atoms with Gasteiger partial charge in [-0.05, 0) is 44.2 Å². The predicted octanol–water partition coefficient (Wildman–Crippen LogP) is 2.82. The molecule has 0 fully saturated rings. The summed E-state index contributed by atoms with van der Waals surface area (Å²) >= 11 is 0. The van der Waals surface area contributed by atoms with Gasteiger partial charge in [0.1, 0.15) is 5.82 Å². The van der Waals surface area contributed by atoms with Crippen molar-refractivity contribution in [1.29, 1.82) is 0 Å². The molecule has 1 aromatic carbocycles. The van der Waals surface area contributed by atoms with E-state index in [0.717, 1.165) is 17.1 Å². The molecule has 0 unspecified atom stereocenters. The van der Waals surface area contributed by atoms with Crippen LogP contribution in [0.25, 0.3) is 5.69 Å². The van der Waals surface area contributed by atoms with Crippen molar-refractivity contribution < 1.29 is 4.39 Å². The summed E-state index contributed by atoms with van der Waals surface area (Å²) in [5.74, 6) is -0.375. The van der Waals surface area contributed by atoms with E-state index in [1.807, 2.05) is 36.6 Å². The van der Waals surface area contributed by atoms with Crippen LogP contribution in [0, 0.1) is 19.7 Å². The minimum Gasteiger partial charge on any atom is -0.396 e. The number of aromatic nitrogens is 1. The second-order valence-electron chi connectivity index (χ2n) is 3.66. The fraction of sp³-hybridized carbons (Fsp3) is 0.167. The van der Waals surface area contributed by atoms with Gasteiger partial charge in [0, 0.05) is 17.1 Å². The van der Waals surface area contributed by atoms with Crippen molar-refractivity contribution >= 4 is 5.69 Å². The third-order valence-electron chi connectivity index (χ3n) is 2.51. The fourth-order valence-electron chi connectivity index (χ4n) is 1.73. The van der Waals surface area contributed by atoms with Gasteiger partial charge in [-0.2, -0.15) is 0 Å². The highest BCUT2D eigenvalue weighted by atomic mass is 19.1. The number of anilines is 1. The molecule has 0 bridgehead atoms. The Bertz CT molecular complexity index is 481. The first kappa shape index (κ1) is 9.77. The molecule has 0 aliphatic carbocycles. The third kappa shape index (κ3) is 1.61. The van der Waals surface area contributed by atoms with Crippen LogP contribution >= 0.6 is 0 Å². The van der Waals surface area contributed by atoms with E-state index in [1.165, 1.54) is 6.07 Å². The minimum atomic E-state index is -0.375. The van der Waals surface area contributed by atoms with Crippen LogP contribution in [0.5, 0.6) is 0 Å². The normalized spacial score (nSPS) is 10.6. The Morgan fingerprint density at radius 1 is 1.07 bits per heavy atom. The van der Waals surface area contributed by atoms with E-state index in [4.69, 9.17) is 5.73 Å². The Morgan fingerprint density at radius 3 is 2.20 bits per heavy atom. The number of benzene rings is 1. The fourth-order valence-corrected chi connectivity index (χ4v) is 1.73. The smallest absolute Gasteiger partial charge is 0.148 e. The monoisotopic (exact) mass is 204 g/mol. The highest BCUT2D eigenvalue weighted by Crippen LogP contribution is 2.19. The molecule has 3 heteroatoms. The lowest BCUT2D eigenvalue weighted by Crippen LogP contribution is -2.00. The average molecular weight is 204 g/mol. The van der Waals surface area contributed by atoms with E-state index in [-0.39, 0.29) is 11.5 Å². The largest absolute Gasteiger partial charge is 0.396 e. The van der Waals surface area contributed by atoms with E-state index < -0.39 is 0 Å². The van der Waals surface area contributed by atoms with Crippen LogP contribution in [-0.2, 0) is 0 Å². The zero-order valence-electron chi connectivity index (χ0n) is 8.79. The minimum absolute atomic E-state index is 0.182. The number of aryl methyl sites for hydroxylation is 2. The molecular weight excluding hydrogens is 191 g/mol. The Kier molecular flexibility index (Phi) is 2.23. The van der Waals surface area contributed by atoms with Crippen LogP contribution in [0.2, 0.25) is 0 Å². The maximum Gasteiger partial charge on any atom is 0.148 e. The van der Waals surface area contributed by atoms with E-state index >= 15 is 0 Å². The van der Waals surface area contributed by atoms with Gasteiger partial charge in [-0.3, -0.25) is 0 Å². The number of nitrogens with zero attached hydrogens (tertiary/aromatic N) is 1. The number of hydrogen-bond acceptors (Lipinski definition) is 1. The van der Waals surface area contributed by atoms with Crippen LogP contribution in [0.1, 0.15) is 11.4 Å². The molecular formula is C12H13FN2. The maximum atomic E-state index is 13.3. The lowest BCUT2D eigenvalue weighted by molar-refractivity contribution is 0.631. The highest BCUT2D eigenvalue weighted by Gasteiger charge is 2.06. The molecule has 0 saturated carbocycles. The number of nitrogens with two attached hydrogens (primary N) is 1. The van der Waals surface area contributed by atoms with Gasteiger partial charge in [-0.25, -0.2) is 4.39 Å². The van der Waals surface area contributed by atoms with Crippen molar-refractivity contribution in [2.24, 2.45) is 0 Å². The van der Waals surface area contributed by atoms with Crippen molar-refractivity contribution in [1.82, 2.24) is 4.57 Å². The molecule has 15 heavy (non-hydrogen) atoms. The van der Waals surface area contributed by atoms with Crippen molar-refractivity contribution in [3.8, 4) is 5.69 Å². The molecule has 0 atom stereocenters. The second kappa shape index (κ2) is 3.42. The van der Waals surface area contributed by atoms with Gasteiger partial charge in [0.25, 0.3) is 0 Å². The summed E-state index contributed by atoms with van der Waals surface area (Å²) in [6, 6.07) is 8.87. The van der Waals surface area contributed by atoms with Crippen LogP contribution in [0.3, 0.4) is 0 Å². The molecule has 0 aliphatic rings. The summed E-state index contributed by atoms with van der Waals surface area (Å²) in [4.78, 5) is 0. The SMILES string of the molecule is Cc1ccc(C)n1-c1ccc(N)c(F)c1. The molecule has 0 aliphatic heterocycles. The van der Waals surface area contributed by atoms with Crippen molar-refractivity contribution in [2.75, 3.05) is 5.73 Å². The first-order chi connectivity index (χ1) is 7.09. The lowest BCUT2D eigenvalue weighted by atomic mass is 10.2. The maximum absolute atomic E-state index is 13.3. The van der Waals surface area contributed by atoms with Gasteiger partial charge in [0.15, 0.2) is 0 Å². The Labute approximate surface area is 88.1 Å². The summed E-state index contributed by atoms with van der Waals surface area (Å²) in [6.07, 6.45) is 0. The highest BCUT2D eigenvalue weighted by molar-refractivity contribution is 5.48. The molecule has 1 aromatic heterocycles. The first-order valence-corrected chi connectivity index (χ1v) is 4.80. The van der Waals surface area contributed by atoms with Crippen LogP contribution in [0.15, 0.2) is 30.3 Å². The molecule has 2 nitrogen and oxygen atoms in total. The molecule has 2 N–H and O–H groups in total. The number of halogens is 1. The number of hydrogen-bond donors (Lipinski definition) is 1. The lowest BCUT2D eigenvalue weighted by Gasteiger charge is -2.09. The molecule has 0 amide bonds. The zero-order chi connectivity index (χ0) is 11.0. The van der Waals surface area contributed by atoms with Crippen molar-refractivity contribution in [3.63, 3.8) is 0 Å². The van der Waals surface area contributed by atoms with E-state index in [0.29, 0.717) is 0 Å². The molecule has 2 aromatic rings. The molecule has 0 saturated heterocycles. The summed E-state index contributed by atoms with van der Waals surface area (Å²) in [6.45, 7) is 3.97. The Hall–Kier alpha value is -1.77. The van der Waals surface area contributed by atoms with Crippen molar-refractivity contribution in [2.45, 2.75) is 13.8 Å². The summed E-state index contributed by atoms with van der Waals surface area (Å²) in [7, 11) is 0. The van der Waals surface area contributed by atoms with Crippen LogP contribution in [-0.4, -0.2) is 4.57 Å². The van der Waals surface area contributed by atoms with E-state index in [1.54, 1.807) is 6.07 Å². The van der Waals surface area contributed by atoms with Gasteiger partial charge in [-0.15, -0.1) is 0 Å². The van der Waals surface area contributed by atoms with Crippen molar-refractivity contribution in [3.05, 3.63) is 47.5 Å². The standard InChI is InChI=1S/C12H13FN2/c1-8-3-4-9(2)15(8)10-5-6-12(14)11(13)7-10/h3-7H,14H2,1-2H3. The van der Waals surface area contributed by atoms with Gasteiger partial charge < -0.3 is 10.3 Å². The molecule has 0 spiro atoms. The van der Waals surface area contributed by atoms with E-state index in [9.17, 15) is 4.39 Å². The van der Waals surface area contributed by atoms with Gasteiger partial charge >= 0.3 is 0 Å². The van der Waals surface area contributed by atoms with Gasteiger partial charge in [0.05, 0.1) is 5.69 Å². The second-order valence-corrected chi connectivity index (χ2v) is 3.66.